The lowest BCUT2D eigenvalue weighted by atomic mass is 10.1. The lowest BCUT2D eigenvalue weighted by Crippen LogP contribution is -2.48. The predicted molar refractivity (Wildman–Crippen MR) is 71.6 cm³/mol. The van der Waals surface area contributed by atoms with Gasteiger partial charge in [0.1, 0.15) is 10.9 Å². The van der Waals surface area contributed by atoms with E-state index in [0.29, 0.717) is 24.4 Å². The van der Waals surface area contributed by atoms with Crippen molar-refractivity contribution >= 4 is 16.0 Å². The van der Waals surface area contributed by atoms with Crippen LogP contribution in [-0.4, -0.2) is 48.6 Å². The van der Waals surface area contributed by atoms with Crippen LogP contribution in [0.25, 0.3) is 0 Å². The molecule has 1 aliphatic heterocycles. The number of hydrogen-bond acceptors (Lipinski definition) is 5. The minimum Gasteiger partial charge on any atom is -0.468 e. The Balaban J connectivity index is 2.44. The smallest absolute Gasteiger partial charge is 0.324 e. The third kappa shape index (κ3) is 2.45. The van der Waals surface area contributed by atoms with Gasteiger partial charge in [-0.15, -0.1) is 0 Å². The second kappa shape index (κ2) is 5.53. The molecule has 112 valence electrons. The summed E-state index contributed by atoms with van der Waals surface area (Å²) in [6.07, 6.45) is 2.04. The highest BCUT2D eigenvalue weighted by molar-refractivity contribution is 7.89. The first-order chi connectivity index (χ1) is 9.39. The zero-order valence-corrected chi connectivity index (χ0v) is 12.7. The molecule has 1 saturated heterocycles. The Morgan fingerprint density at radius 3 is 2.65 bits per heavy atom. The average Bonchev–Trinajstić information content (AvgIpc) is 2.77. The van der Waals surface area contributed by atoms with Crippen molar-refractivity contribution < 1.29 is 17.9 Å². The number of sulfonamides is 1. The van der Waals surface area contributed by atoms with Gasteiger partial charge in [0, 0.05) is 6.54 Å². The molecule has 1 aromatic rings. The first-order valence-corrected chi connectivity index (χ1v) is 7.95. The summed E-state index contributed by atoms with van der Waals surface area (Å²) in [6.45, 7) is 3.61. The van der Waals surface area contributed by atoms with Gasteiger partial charge in [0.25, 0.3) is 0 Å². The molecular weight excluding hydrogens is 282 g/mol. The molecule has 0 spiro atoms. The minimum atomic E-state index is -3.75. The lowest BCUT2D eigenvalue weighted by molar-refractivity contribution is -0.146. The van der Waals surface area contributed by atoms with Crippen molar-refractivity contribution in [3.63, 3.8) is 0 Å². The number of H-pyrrole nitrogens is 1. The third-order valence-electron chi connectivity index (χ3n) is 3.55. The van der Waals surface area contributed by atoms with Gasteiger partial charge in [-0.05, 0) is 33.1 Å². The van der Waals surface area contributed by atoms with E-state index in [1.54, 1.807) is 13.8 Å². The van der Waals surface area contributed by atoms with Gasteiger partial charge in [-0.25, -0.2) is 8.42 Å². The molecule has 0 amide bonds. The van der Waals surface area contributed by atoms with Gasteiger partial charge in [-0.3, -0.25) is 9.89 Å². The summed E-state index contributed by atoms with van der Waals surface area (Å²) in [5.41, 5.74) is 0.897. The Bertz CT molecular complexity index is 589. The quantitative estimate of drug-likeness (QED) is 0.831. The number of aryl methyl sites for hydroxylation is 2. The fraction of sp³-hybridized carbons (Fsp3) is 0.667. The zero-order valence-electron chi connectivity index (χ0n) is 11.8. The van der Waals surface area contributed by atoms with Crippen molar-refractivity contribution in [2.24, 2.45) is 0 Å². The normalized spacial score (nSPS) is 20.9. The van der Waals surface area contributed by atoms with Crippen molar-refractivity contribution in [3.8, 4) is 0 Å². The Hall–Kier alpha value is -1.41. The fourth-order valence-electron chi connectivity index (χ4n) is 2.60. The highest BCUT2D eigenvalue weighted by Gasteiger charge is 2.40. The SMILES string of the molecule is COC(=O)[C@H]1CCCCN1S(=O)(=O)c1c(C)n[nH]c1C. The van der Waals surface area contributed by atoms with E-state index < -0.39 is 22.0 Å². The number of rotatable bonds is 3. The summed E-state index contributed by atoms with van der Waals surface area (Å²) in [5, 5.41) is 6.59. The van der Waals surface area contributed by atoms with Crippen molar-refractivity contribution in [3.05, 3.63) is 11.4 Å². The summed E-state index contributed by atoms with van der Waals surface area (Å²) < 4.78 is 31.5. The summed E-state index contributed by atoms with van der Waals surface area (Å²) in [7, 11) is -2.47. The van der Waals surface area contributed by atoms with E-state index in [9.17, 15) is 13.2 Å². The van der Waals surface area contributed by atoms with Crippen molar-refractivity contribution in [1.29, 1.82) is 0 Å². The summed E-state index contributed by atoms with van der Waals surface area (Å²) in [5.74, 6) is -0.507. The molecule has 1 aliphatic rings. The van der Waals surface area contributed by atoms with Crippen molar-refractivity contribution in [2.45, 2.75) is 44.0 Å². The number of nitrogens with zero attached hydrogens (tertiary/aromatic N) is 2. The topological polar surface area (TPSA) is 92.4 Å². The first kappa shape index (κ1) is 15.0. The van der Waals surface area contributed by atoms with Gasteiger partial charge in [-0.1, -0.05) is 0 Å². The van der Waals surface area contributed by atoms with Crippen LogP contribution in [0.1, 0.15) is 30.7 Å². The molecule has 7 nitrogen and oxygen atoms in total. The summed E-state index contributed by atoms with van der Waals surface area (Å²) in [6, 6.07) is -0.743. The van der Waals surface area contributed by atoms with Crippen molar-refractivity contribution in [1.82, 2.24) is 14.5 Å². The van der Waals surface area contributed by atoms with Gasteiger partial charge < -0.3 is 4.74 Å². The molecule has 1 fully saturated rings. The van der Waals surface area contributed by atoms with E-state index in [0.717, 1.165) is 12.8 Å². The van der Waals surface area contributed by atoms with E-state index in [2.05, 4.69) is 10.2 Å². The van der Waals surface area contributed by atoms with Crippen LogP contribution >= 0.6 is 0 Å². The van der Waals surface area contributed by atoms with Crippen LogP contribution in [0.5, 0.6) is 0 Å². The van der Waals surface area contributed by atoms with Crippen LogP contribution in [0.3, 0.4) is 0 Å². The van der Waals surface area contributed by atoms with Gasteiger partial charge >= 0.3 is 5.97 Å². The number of aromatic amines is 1. The van der Waals surface area contributed by atoms with E-state index in [4.69, 9.17) is 4.74 Å². The maximum absolute atomic E-state index is 12.8. The Kier molecular flexibility index (Phi) is 4.14. The lowest BCUT2D eigenvalue weighted by Gasteiger charge is -2.32. The molecule has 0 aromatic carbocycles. The van der Waals surface area contributed by atoms with E-state index in [1.807, 2.05) is 0 Å². The van der Waals surface area contributed by atoms with E-state index in [1.165, 1.54) is 11.4 Å². The molecule has 0 bridgehead atoms. The van der Waals surface area contributed by atoms with E-state index in [-0.39, 0.29) is 4.90 Å². The Labute approximate surface area is 118 Å². The predicted octanol–water partition coefficient (Wildman–Crippen LogP) is 0.743. The maximum Gasteiger partial charge on any atom is 0.324 e. The molecule has 8 heteroatoms. The molecule has 0 saturated carbocycles. The number of methoxy groups -OCH3 is 1. The molecule has 2 heterocycles. The Morgan fingerprint density at radius 2 is 2.10 bits per heavy atom. The Morgan fingerprint density at radius 1 is 1.40 bits per heavy atom. The molecule has 0 unspecified atom stereocenters. The number of hydrogen-bond donors (Lipinski definition) is 1. The molecule has 2 rings (SSSR count). The van der Waals surface area contributed by atoms with Crippen LogP contribution in [0.15, 0.2) is 4.90 Å². The number of carbonyl (C=O) groups excluding carboxylic acids is 1. The second-order valence-electron chi connectivity index (χ2n) is 4.91. The zero-order chi connectivity index (χ0) is 14.9. The van der Waals surface area contributed by atoms with Crippen molar-refractivity contribution in [2.75, 3.05) is 13.7 Å². The number of esters is 1. The van der Waals surface area contributed by atoms with E-state index >= 15 is 0 Å². The average molecular weight is 301 g/mol. The minimum absolute atomic E-state index is 0.160. The number of piperidine rings is 1. The summed E-state index contributed by atoms with van der Waals surface area (Å²) in [4.78, 5) is 12.0. The van der Waals surface area contributed by atoms with Crippen LogP contribution in [-0.2, 0) is 19.6 Å². The van der Waals surface area contributed by atoms with Crippen LogP contribution in [0.2, 0.25) is 0 Å². The largest absolute Gasteiger partial charge is 0.468 e. The standard InChI is InChI=1S/C12H19N3O4S/c1-8-11(9(2)14-13-8)20(17,18)15-7-5-4-6-10(15)12(16)19-3/h10H,4-7H2,1-3H3,(H,13,14)/t10-/m1/s1. The summed E-state index contributed by atoms with van der Waals surface area (Å²) >= 11 is 0. The van der Waals surface area contributed by atoms with Crippen LogP contribution < -0.4 is 0 Å². The number of carbonyl (C=O) groups is 1. The second-order valence-corrected chi connectivity index (χ2v) is 6.74. The third-order valence-corrected chi connectivity index (χ3v) is 5.73. The van der Waals surface area contributed by atoms with Gasteiger partial charge in [0.15, 0.2) is 0 Å². The van der Waals surface area contributed by atoms with Gasteiger partial charge in [0.05, 0.1) is 18.5 Å². The highest BCUT2D eigenvalue weighted by Crippen LogP contribution is 2.28. The molecule has 1 N–H and O–H groups in total. The number of nitrogens with one attached hydrogen (secondary N) is 1. The molecular formula is C12H19N3O4S. The number of ether oxygens (including phenoxy) is 1. The monoisotopic (exact) mass is 301 g/mol. The van der Waals surface area contributed by atoms with Gasteiger partial charge in [-0.2, -0.15) is 9.40 Å². The molecule has 1 atom stereocenters. The van der Waals surface area contributed by atoms with Crippen LogP contribution in [0, 0.1) is 13.8 Å². The van der Waals surface area contributed by atoms with Gasteiger partial charge in [0.2, 0.25) is 10.0 Å². The maximum atomic E-state index is 12.8. The molecule has 1 aromatic heterocycles. The highest BCUT2D eigenvalue weighted by atomic mass is 32.2. The first-order valence-electron chi connectivity index (χ1n) is 6.51. The fourth-order valence-corrected chi connectivity index (χ4v) is 4.58. The molecule has 0 radical (unpaired) electrons. The van der Waals surface area contributed by atoms with Crippen LogP contribution in [0.4, 0.5) is 0 Å². The number of aromatic nitrogens is 2. The molecule has 0 aliphatic carbocycles. The molecule has 20 heavy (non-hydrogen) atoms.